The second kappa shape index (κ2) is 1.97. The van der Waals surface area contributed by atoms with Gasteiger partial charge in [0.05, 0.1) is 0 Å². The highest BCUT2D eigenvalue weighted by Crippen LogP contribution is 2.12. The molecule has 4 nitrogen and oxygen atoms in total. The topological polar surface area (TPSA) is 75.4 Å². The zero-order chi connectivity index (χ0) is 6.91. The number of hydrogen-bond donors (Lipinski definition) is 3. The summed E-state index contributed by atoms with van der Waals surface area (Å²) in [7, 11) is 0. The average molecular weight is 130 g/mol. The molecule has 1 saturated heterocycles. The van der Waals surface area contributed by atoms with E-state index in [1.807, 2.05) is 0 Å². The van der Waals surface area contributed by atoms with Crippen LogP contribution in [0.4, 0.5) is 0 Å². The molecule has 0 aliphatic carbocycles. The van der Waals surface area contributed by atoms with Crippen LogP contribution >= 0.6 is 0 Å². The minimum absolute atomic E-state index is 0.530. The van der Waals surface area contributed by atoms with Gasteiger partial charge in [0.2, 0.25) is 0 Å². The van der Waals surface area contributed by atoms with Crippen LogP contribution in [0, 0.1) is 0 Å². The van der Waals surface area contributed by atoms with Crippen LogP contribution < -0.4 is 11.1 Å². The van der Waals surface area contributed by atoms with E-state index in [2.05, 4.69) is 5.32 Å². The molecular weight excluding hydrogens is 120 g/mol. The first-order valence-corrected chi connectivity index (χ1v) is 2.92. The molecule has 0 saturated carbocycles. The molecule has 9 heavy (non-hydrogen) atoms. The van der Waals surface area contributed by atoms with Crippen molar-refractivity contribution in [2.45, 2.75) is 18.5 Å². The van der Waals surface area contributed by atoms with Crippen molar-refractivity contribution in [2.75, 3.05) is 6.54 Å². The number of carboxylic acid groups (broad SMARTS) is 1. The van der Waals surface area contributed by atoms with Gasteiger partial charge in [0, 0.05) is 0 Å². The van der Waals surface area contributed by atoms with Crippen LogP contribution in [-0.2, 0) is 4.79 Å². The predicted octanol–water partition coefficient (Wildman–Crippen LogP) is -0.891. The molecule has 1 aliphatic heterocycles. The normalized spacial score (nSPS) is 34.8. The Morgan fingerprint density at radius 2 is 2.44 bits per heavy atom. The van der Waals surface area contributed by atoms with Crippen molar-refractivity contribution >= 4 is 5.97 Å². The van der Waals surface area contributed by atoms with E-state index in [9.17, 15) is 4.79 Å². The Morgan fingerprint density at radius 3 is 2.67 bits per heavy atom. The van der Waals surface area contributed by atoms with Crippen LogP contribution in [0.15, 0.2) is 0 Å². The molecule has 0 bridgehead atoms. The molecule has 4 heteroatoms. The summed E-state index contributed by atoms with van der Waals surface area (Å²) >= 11 is 0. The van der Waals surface area contributed by atoms with Gasteiger partial charge < -0.3 is 10.8 Å². The summed E-state index contributed by atoms with van der Waals surface area (Å²) in [5.41, 5.74) is 4.25. The summed E-state index contributed by atoms with van der Waals surface area (Å²) in [5, 5.41) is 11.2. The SMILES string of the molecule is N[C@@]1(C(=O)O)CCCN1. The molecule has 0 spiro atoms. The van der Waals surface area contributed by atoms with Gasteiger partial charge in [-0.1, -0.05) is 0 Å². The predicted molar refractivity (Wildman–Crippen MR) is 31.8 cm³/mol. The Balaban J connectivity index is 2.61. The molecule has 1 heterocycles. The monoisotopic (exact) mass is 130 g/mol. The Morgan fingerprint density at radius 1 is 1.78 bits per heavy atom. The van der Waals surface area contributed by atoms with Gasteiger partial charge in [-0.15, -0.1) is 0 Å². The minimum atomic E-state index is -1.14. The van der Waals surface area contributed by atoms with Gasteiger partial charge in [-0.25, -0.2) is 4.79 Å². The van der Waals surface area contributed by atoms with Gasteiger partial charge in [-0.05, 0) is 19.4 Å². The van der Waals surface area contributed by atoms with Crippen molar-refractivity contribution in [1.82, 2.24) is 5.32 Å². The Bertz CT molecular complexity index is 129. The lowest BCUT2D eigenvalue weighted by Gasteiger charge is -2.16. The molecule has 1 aliphatic rings. The molecule has 52 valence electrons. The second-order valence-electron chi connectivity index (χ2n) is 2.31. The molecule has 1 rings (SSSR count). The third-order valence-corrected chi connectivity index (χ3v) is 1.57. The average Bonchev–Trinajstić information content (AvgIpc) is 2.16. The van der Waals surface area contributed by atoms with Crippen molar-refractivity contribution in [3.05, 3.63) is 0 Å². The maximum atomic E-state index is 10.3. The third kappa shape index (κ3) is 1.04. The maximum Gasteiger partial charge on any atom is 0.338 e. The van der Waals surface area contributed by atoms with E-state index in [0.717, 1.165) is 6.42 Å². The first-order chi connectivity index (χ1) is 4.15. The van der Waals surface area contributed by atoms with E-state index in [1.54, 1.807) is 0 Å². The minimum Gasteiger partial charge on any atom is -0.479 e. The summed E-state index contributed by atoms with van der Waals surface area (Å²) in [6, 6.07) is 0. The fraction of sp³-hybridized carbons (Fsp3) is 0.800. The number of nitrogens with two attached hydrogens (primary N) is 1. The summed E-state index contributed by atoms with van der Waals surface area (Å²) in [4.78, 5) is 10.3. The number of aliphatic carboxylic acids is 1. The van der Waals surface area contributed by atoms with Crippen LogP contribution in [0.3, 0.4) is 0 Å². The lowest BCUT2D eigenvalue weighted by molar-refractivity contribution is -0.144. The number of rotatable bonds is 1. The largest absolute Gasteiger partial charge is 0.479 e. The van der Waals surface area contributed by atoms with Crippen molar-refractivity contribution in [1.29, 1.82) is 0 Å². The summed E-state index contributed by atoms with van der Waals surface area (Å²) in [6.45, 7) is 0.711. The third-order valence-electron chi connectivity index (χ3n) is 1.57. The van der Waals surface area contributed by atoms with Crippen LogP contribution in [0.2, 0.25) is 0 Å². The fourth-order valence-corrected chi connectivity index (χ4v) is 0.950. The number of nitrogens with one attached hydrogen (secondary N) is 1. The van der Waals surface area contributed by atoms with Crippen molar-refractivity contribution in [3.8, 4) is 0 Å². The molecule has 0 aromatic carbocycles. The zero-order valence-corrected chi connectivity index (χ0v) is 5.05. The Kier molecular flexibility index (Phi) is 1.42. The van der Waals surface area contributed by atoms with Gasteiger partial charge in [-0.3, -0.25) is 5.32 Å². The number of hydrogen-bond acceptors (Lipinski definition) is 3. The molecular formula is C5H10N2O2. The first kappa shape index (κ1) is 6.51. The summed E-state index contributed by atoms with van der Waals surface area (Å²) in [5.74, 6) is -0.958. The first-order valence-electron chi connectivity index (χ1n) is 2.92. The lowest BCUT2D eigenvalue weighted by atomic mass is 10.1. The lowest BCUT2D eigenvalue weighted by Crippen LogP contribution is -2.55. The molecule has 0 amide bonds. The van der Waals surface area contributed by atoms with Gasteiger partial charge in [0.25, 0.3) is 0 Å². The van der Waals surface area contributed by atoms with Crippen LogP contribution in [0.25, 0.3) is 0 Å². The van der Waals surface area contributed by atoms with Crippen LogP contribution in [0.1, 0.15) is 12.8 Å². The van der Waals surface area contributed by atoms with Crippen LogP contribution in [0.5, 0.6) is 0 Å². The van der Waals surface area contributed by atoms with Crippen molar-refractivity contribution in [2.24, 2.45) is 5.73 Å². The van der Waals surface area contributed by atoms with E-state index < -0.39 is 11.6 Å². The van der Waals surface area contributed by atoms with Crippen molar-refractivity contribution < 1.29 is 9.90 Å². The second-order valence-corrected chi connectivity index (χ2v) is 2.31. The van der Waals surface area contributed by atoms with Crippen molar-refractivity contribution in [3.63, 3.8) is 0 Å². The fourth-order valence-electron chi connectivity index (χ4n) is 0.950. The Labute approximate surface area is 53.0 Å². The highest BCUT2D eigenvalue weighted by atomic mass is 16.4. The standard InChI is InChI=1S/C5H10N2O2/c6-5(4(8)9)2-1-3-7-5/h7H,1-3,6H2,(H,8,9)/t5-/m0/s1. The van der Waals surface area contributed by atoms with Gasteiger partial charge in [-0.2, -0.15) is 0 Å². The van der Waals surface area contributed by atoms with Gasteiger partial charge in [0.15, 0.2) is 5.66 Å². The zero-order valence-electron chi connectivity index (χ0n) is 5.05. The maximum absolute atomic E-state index is 10.3. The summed E-state index contributed by atoms with van der Waals surface area (Å²) in [6.07, 6.45) is 1.38. The molecule has 1 fully saturated rings. The summed E-state index contributed by atoms with van der Waals surface area (Å²) < 4.78 is 0. The van der Waals surface area contributed by atoms with Gasteiger partial charge >= 0.3 is 5.97 Å². The molecule has 0 unspecified atom stereocenters. The molecule has 4 N–H and O–H groups in total. The number of carbonyl (C=O) groups is 1. The van der Waals surface area contributed by atoms with E-state index >= 15 is 0 Å². The highest BCUT2D eigenvalue weighted by molar-refractivity contribution is 5.78. The number of carboxylic acids is 1. The highest BCUT2D eigenvalue weighted by Gasteiger charge is 2.36. The van der Waals surface area contributed by atoms with E-state index in [0.29, 0.717) is 13.0 Å². The Hall–Kier alpha value is -0.610. The van der Waals surface area contributed by atoms with E-state index in [1.165, 1.54) is 0 Å². The molecule has 0 radical (unpaired) electrons. The molecule has 1 atom stereocenters. The smallest absolute Gasteiger partial charge is 0.338 e. The van der Waals surface area contributed by atoms with E-state index in [-0.39, 0.29) is 0 Å². The molecule has 0 aromatic heterocycles. The molecule has 0 aromatic rings. The van der Waals surface area contributed by atoms with Gasteiger partial charge in [0.1, 0.15) is 0 Å². The van der Waals surface area contributed by atoms with Crippen LogP contribution in [-0.4, -0.2) is 23.3 Å². The quantitative estimate of drug-likeness (QED) is 0.430. The van der Waals surface area contributed by atoms with E-state index in [4.69, 9.17) is 10.8 Å².